The maximum Gasteiger partial charge on any atom is 0.253 e. The molecule has 5 nitrogen and oxygen atoms in total. The molecule has 0 spiro atoms. The average molecular weight is 390 g/mol. The normalized spacial score (nSPS) is 14.2. The van der Waals surface area contributed by atoms with E-state index in [0.29, 0.717) is 26.2 Å². The van der Waals surface area contributed by atoms with Crippen LogP contribution in [0.5, 0.6) is 0 Å². The van der Waals surface area contributed by atoms with Crippen molar-refractivity contribution in [2.45, 2.75) is 13.8 Å². The highest BCUT2D eigenvalue weighted by atomic mass is 19.1. The SMILES string of the molecule is Cc1ccc(C(=O)N2CCN(c3cc(-c4ccc(F)cc4)ncn3)CC2)cc1C. The summed E-state index contributed by atoms with van der Waals surface area (Å²) in [5.74, 6) is 0.618. The molecule has 0 N–H and O–H groups in total. The molecule has 0 saturated carbocycles. The Kier molecular flexibility index (Phi) is 5.25. The highest BCUT2D eigenvalue weighted by molar-refractivity contribution is 5.94. The first-order valence-electron chi connectivity index (χ1n) is 9.71. The first-order chi connectivity index (χ1) is 14.0. The monoisotopic (exact) mass is 390 g/mol. The van der Waals surface area contributed by atoms with Crippen molar-refractivity contribution in [2.75, 3.05) is 31.1 Å². The second-order valence-electron chi connectivity index (χ2n) is 7.35. The molecule has 148 valence electrons. The molecular formula is C23H23FN4O. The van der Waals surface area contributed by atoms with Gasteiger partial charge in [0.25, 0.3) is 5.91 Å². The Hall–Kier alpha value is -3.28. The zero-order chi connectivity index (χ0) is 20.4. The Balaban J connectivity index is 1.44. The van der Waals surface area contributed by atoms with Gasteiger partial charge in [0.15, 0.2) is 0 Å². The lowest BCUT2D eigenvalue weighted by Crippen LogP contribution is -2.49. The molecule has 1 fully saturated rings. The number of amides is 1. The summed E-state index contributed by atoms with van der Waals surface area (Å²) in [6.07, 6.45) is 1.53. The van der Waals surface area contributed by atoms with E-state index >= 15 is 0 Å². The van der Waals surface area contributed by atoms with Crippen LogP contribution in [0, 0.1) is 19.7 Å². The van der Waals surface area contributed by atoms with Crippen LogP contribution in [0.3, 0.4) is 0 Å². The van der Waals surface area contributed by atoms with E-state index in [4.69, 9.17) is 0 Å². The summed E-state index contributed by atoms with van der Waals surface area (Å²) in [5, 5.41) is 0. The van der Waals surface area contributed by atoms with Gasteiger partial charge in [0.05, 0.1) is 5.69 Å². The lowest BCUT2D eigenvalue weighted by molar-refractivity contribution is 0.0746. The highest BCUT2D eigenvalue weighted by Gasteiger charge is 2.23. The van der Waals surface area contributed by atoms with Gasteiger partial charge in [-0.1, -0.05) is 6.07 Å². The molecule has 1 aliphatic heterocycles. The average Bonchev–Trinajstić information content (AvgIpc) is 2.76. The van der Waals surface area contributed by atoms with Crippen molar-refractivity contribution in [3.63, 3.8) is 0 Å². The van der Waals surface area contributed by atoms with Crippen LogP contribution in [0.1, 0.15) is 21.5 Å². The molecule has 29 heavy (non-hydrogen) atoms. The number of hydrogen-bond acceptors (Lipinski definition) is 4. The van der Waals surface area contributed by atoms with Crippen molar-refractivity contribution in [3.05, 3.63) is 77.4 Å². The molecule has 0 aliphatic carbocycles. The summed E-state index contributed by atoms with van der Waals surface area (Å²) >= 11 is 0. The Labute approximate surface area is 169 Å². The third-order valence-corrected chi connectivity index (χ3v) is 5.44. The zero-order valence-corrected chi connectivity index (χ0v) is 16.6. The lowest BCUT2D eigenvalue weighted by Gasteiger charge is -2.35. The minimum absolute atomic E-state index is 0.0717. The first kappa shape index (κ1) is 19.1. The van der Waals surface area contributed by atoms with Crippen molar-refractivity contribution in [3.8, 4) is 11.3 Å². The van der Waals surface area contributed by atoms with Gasteiger partial charge < -0.3 is 9.80 Å². The number of hydrogen-bond donors (Lipinski definition) is 0. The van der Waals surface area contributed by atoms with Crippen LogP contribution in [-0.2, 0) is 0 Å². The first-order valence-corrected chi connectivity index (χ1v) is 9.71. The Morgan fingerprint density at radius 1 is 0.897 bits per heavy atom. The van der Waals surface area contributed by atoms with Gasteiger partial charge in [0.2, 0.25) is 0 Å². The van der Waals surface area contributed by atoms with Crippen molar-refractivity contribution in [1.82, 2.24) is 14.9 Å². The van der Waals surface area contributed by atoms with Crippen LogP contribution in [0.15, 0.2) is 54.9 Å². The number of rotatable bonds is 3. The number of anilines is 1. The van der Waals surface area contributed by atoms with Gasteiger partial charge in [0.1, 0.15) is 18.0 Å². The number of benzene rings is 2. The molecule has 1 aromatic heterocycles. The molecule has 4 rings (SSSR count). The summed E-state index contributed by atoms with van der Waals surface area (Å²) < 4.78 is 13.2. The minimum Gasteiger partial charge on any atom is -0.353 e. The fraction of sp³-hybridized carbons (Fsp3) is 0.261. The largest absolute Gasteiger partial charge is 0.353 e. The summed E-state index contributed by atoms with van der Waals surface area (Å²) in [7, 11) is 0. The molecule has 1 aliphatic rings. The molecule has 0 radical (unpaired) electrons. The highest BCUT2D eigenvalue weighted by Crippen LogP contribution is 2.22. The van der Waals surface area contributed by atoms with Crippen molar-refractivity contribution in [1.29, 1.82) is 0 Å². The van der Waals surface area contributed by atoms with Gasteiger partial charge in [-0.2, -0.15) is 0 Å². The van der Waals surface area contributed by atoms with E-state index in [1.165, 1.54) is 24.0 Å². The van der Waals surface area contributed by atoms with Crippen LogP contribution < -0.4 is 4.90 Å². The van der Waals surface area contributed by atoms with Gasteiger partial charge in [0, 0.05) is 43.4 Å². The number of carbonyl (C=O) groups is 1. The van der Waals surface area contributed by atoms with E-state index in [1.54, 1.807) is 12.1 Å². The van der Waals surface area contributed by atoms with Crippen LogP contribution >= 0.6 is 0 Å². The predicted molar refractivity (Wildman–Crippen MR) is 111 cm³/mol. The molecule has 6 heteroatoms. The number of nitrogens with zero attached hydrogens (tertiary/aromatic N) is 4. The second-order valence-corrected chi connectivity index (χ2v) is 7.35. The summed E-state index contributed by atoms with van der Waals surface area (Å²) in [5.41, 5.74) is 4.65. The van der Waals surface area contributed by atoms with Crippen LogP contribution in [-0.4, -0.2) is 47.0 Å². The van der Waals surface area contributed by atoms with Gasteiger partial charge in [-0.25, -0.2) is 14.4 Å². The minimum atomic E-state index is -0.271. The van der Waals surface area contributed by atoms with Crippen molar-refractivity contribution >= 4 is 11.7 Å². The van der Waals surface area contributed by atoms with Gasteiger partial charge >= 0.3 is 0 Å². The van der Waals surface area contributed by atoms with E-state index in [1.807, 2.05) is 43.0 Å². The number of aryl methyl sites for hydroxylation is 2. The van der Waals surface area contributed by atoms with E-state index in [-0.39, 0.29) is 11.7 Å². The molecule has 0 atom stereocenters. The predicted octanol–water partition coefficient (Wildman–Crippen LogP) is 3.86. The Morgan fingerprint density at radius 3 is 2.31 bits per heavy atom. The van der Waals surface area contributed by atoms with E-state index < -0.39 is 0 Å². The number of carbonyl (C=O) groups excluding carboxylic acids is 1. The molecular weight excluding hydrogens is 367 g/mol. The number of halogens is 1. The molecule has 0 unspecified atom stereocenters. The molecule has 2 heterocycles. The zero-order valence-electron chi connectivity index (χ0n) is 16.6. The van der Waals surface area contributed by atoms with Crippen LogP contribution in [0.2, 0.25) is 0 Å². The van der Waals surface area contributed by atoms with Gasteiger partial charge in [-0.05, 0) is 61.4 Å². The number of piperazine rings is 1. The van der Waals surface area contributed by atoms with Crippen molar-refractivity contribution in [2.24, 2.45) is 0 Å². The quantitative estimate of drug-likeness (QED) is 0.681. The Morgan fingerprint density at radius 2 is 1.62 bits per heavy atom. The lowest BCUT2D eigenvalue weighted by atomic mass is 10.1. The third kappa shape index (κ3) is 4.11. The van der Waals surface area contributed by atoms with Crippen LogP contribution in [0.4, 0.5) is 10.2 Å². The standard InChI is InChI=1S/C23H23FN4O/c1-16-3-4-19(13-17(16)2)23(29)28-11-9-27(10-12-28)22-14-21(25-15-26-22)18-5-7-20(24)8-6-18/h3-8,13-15H,9-12H2,1-2H3. The van der Waals surface area contributed by atoms with E-state index in [2.05, 4.69) is 14.9 Å². The second kappa shape index (κ2) is 7.99. The van der Waals surface area contributed by atoms with Crippen molar-refractivity contribution < 1.29 is 9.18 Å². The fourth-order valence-corrected chi connectivity index (χ4v) is 3.49. The Bertz CT molecular complexity index is 1030. The third-order valence-electron chi connectivity index (χ3n) is 5.44. The maximum absolute atomic E-state index is 13.2. The summed E-state index contributed by atoms with van der Waals surface area (Å²) in [6, 6.07) is 14.0. The molecule has 1 amide bonds. The van der Waals surface area contributed by atoms with Crippen LogP contribution in [0.25, 0.3) is 11.3 Å². The van der Waals surface area contributed by atoms with Gasteiger partial charge in [-0.3, -0.25) is 4.79 Å². The smallest absolute Gasteiger partial charge is 0.253 e. The van der Waals surface area contributed by atoms with E-state index in [9.17, 15) is 9.18 Å². The fourth-order valence-electron chi connectivity index (χ4n) is 3.49. The topological polar surface area (TPSA) is 49.3 Å². The number of aromatic nitrogens is 2. The summed E-state index contributed by atoms with van der Waals surface area (Å²) in [4.78, 5) is 25.6. The molecule has 2 aromatic carbocycles. The van der Waals surface area contributed by atoms with Gasteiger partial charge in [-0.15, -0.1) is 0 Å². The molecule has 0 bridgehead atoms. The maximum atomic E-state index is 13.2. The summed E-state index contributed by atoms with van der Waals surface area (Å²) in [6.45, 7) is 6.76. The molecule has 1 saturated heterocycles. The molecule has 3 aromatic rings. The van der Waals surface area contributed by atoms with E-state index in [0.717, 1.165) is 28.2 Å².